The Hall–Kier alpha value is -1.55. The van der Waals surface area contributed by atoms with Crippen molar-refractivity contribution in [3.63, 3.8) is 0 Å². The van der Waals surface area contributed by atoms with Gasteiger partial charge in [-0.3, -0.25) is 4.79 Å². The molecule has 94 valence electrons. The van der Waals surface area contributed by atoms with Crippen molar-refractivity contribution in [3.05, 3.63) is 29.8 Å². The lowest BCUT2D eigenvalue weighted by atomic mass is 9.84. The van der Waals surface area contributed by atoms with Crippen LogP contribution < -0.4 is 11.5 Å². The van der Waals surface area contributed by atoms with Crippen molar-refractivity contribution in [1.29, 1.82) is 0 Å². The Kier molecular flexibility index (Phi) is 4.52. The fraction of sp³-hybridized carbons (Fsp3) is 0.462. The van der Waals surface area contributed by atoms with Crippen LogP contribution in [0, 0.1) is 5.41 Å². The van der Waals surface area contributed by atoms with Gasteiger partial charge in [0.25, 0.3) is 0 Å². The molecule has 0 aliphatic carbocycles. The molecule has 0 aliphatic heterocycles. The highest BCUT2D eigenvalue weighted by Gasteiger charge is 2.32. The maximum absolute atomic E-state index is 11.6. The molecule has 0 radical (unpaired) electrons. The van der Waals surface area contributed by atoms with Crippen molar-refractivity contribution in [2.75, 3.05) is 19.4 Å². The molecule has 17 heavy (non-hydrogen) atoms. The van der Waals surface area contributed by atoms with Gasteiger partial charge in [0.05, 0.1) is 12.5 Å². The van der Waals surface area contributed by atoms with Gasteiger partial charge in [-0.25, -0.2) is 0 Å². The highest BCUT2D eigenvalue weighted by molar-refractivity contribution is 5.76. The van der Waals surface area contributed by atoms with Gasteiger partial charge in [-0.05, 0) is 31.4 Å². The number of hydrogen-bond donors (Lipinski definition) is 2. The Morgan fingerprint density at radius 3 is 2.59 bits per heavy atom. The summed E-state index contributed by atoms with van der Waals surface area (Å²) in [5.41, 5.74) is 12.6. The average molecular weight is 236 g/mol. The van der Waals surface area contributed by atoms with E-state index in [9.17, 15) is 4.79 Å². The number of rotatable bonds is 5. The van der Waals surface area contributed by atoms with Crippen molar-refractivity contribution in [2.24, 2.45) is 11.1 Å². The zero-order valence-electron chi connectivity index (χ0n) is 10.4. The second-order valence-electron chi connectivity index (χ2n) is 4.46. The number of esters is 1. The van der Waals surface area contributed by atoms with Crippen molar-refractivity contribution in [2.45, 2.75) is 19.8 Å². The Balaban J connectivity index is 2.72. The number of methoxy groups -OCH3 is 1. The summed E-state index contributed by atoms with van der Waals surface area (Å²) in [5, 5.41) is 0. The average Bonchev–Trinajstić information content (AvgIpc) is 2.36. The van der Waals surface area contributed by atoms with E-state index in [1.54, 1.807) is 0 Å². The molecule has 1 aromatic rings. The van der Waals surface area contributed by atoms with E-state index in [4.69, 9.17) is 16.2 Å². The number of anilines is 1. The third kappa shape index (κ3) is 3.20. The highest BCUT2D eigenvalue weighted by Crippen LogP contribution is 2.25. The summed E-state index contributed by atoms with van der Waals surface area (Å²) < 4.78 is 4.77. The molecule has 4 N–H and O–H groups in total. The summed E-state index contributed by atoms with van der Waals surface area (Å²) in [6.07, 6.45) is 1.35. The molecular formula is C13H20N2O2. The predicted octanol–water partition coefficient (Wildman–Crippen LogP) is 1.34. The van der Waals surface area contributed by atoms with E-state index < -0.39 is 5.41 Å². The molecule has 0 amide bonds. The number of para-hydroxylation sites is 1. The molecule has 0 spiro atoms. The summed E-state index contributed by atoms with van der Waals surface area (Å²) in [6, 6.07) is 7.64. The number of benzene rings is 1. The number of nitrogen functional groups attached to an aromatic ring is 1. The van der Waals surface area contributed by atoms with Crippen LogP contribution in [0.15, 0.2) is 24.3 Å². The van der Waals surface area contributed by atoms with E-state index in [2.05, 4.69) is 0 Å². The molecular weight excluding hydrogens is 216 g/mol. The second kappa shape index (κ2) is 5.68. The van der Waals surface area contributed by atoms with Crippen LogP contribution in [0.5, 0.6) is 0 Å². The Labute approximate surface area is 102 Å². The van der Waals surface area contributed by atoms with Crippen LogP contribution >= 0.6 is 0 Å². The Morgan fingerprint density at radius 1 is 1.41 bits per heavy atom. The van der Waals surface area contributed by atoms with Crippen LogP contribution in [0.4, 0.5) is 5.69 Å². The van der Waals surface area contributed by atoms with Crippen LogP contribution in [0.1, 0.15) is 18.9 Å². The summed E-state index contributed by atoms with van der Waals surface area (Å²) in [7, 11) is 1.38. The summed E-state index contributed by atoms with van der Waals surface area (Å²) in [5.74, 6) is -0.269. The minimum atomic E-state index is -0.642. The fourth-order valence-corrected chi connectivity index (χ4v) is 1.71. The van der Waals surface area contributed by atoms with E-state index in [1.165, 1.54) is 7.11 Å². The third-order valence-corrected chi connectivity index (χ3v) is 3.13. The van der Waals surface area contributed by atoms with Crippen LogP contribution in [-0.4, -0.2) is 19.6 Å². The molecule has 1 unspecified atom stereocenters. The molecule has 0 fully saturated rings. The first kappa shape index (κ1) is 13.5. The van der Waals surface area contributed by atoms with Gasteiger partial charge >= 0.3 is 5.97 Å². The van der Waals surface area contributed by atoms with Gasteiger partial charge in [-0.1, -0.05) is 18.2 Å². The minimum Gasteiger partial charge on any atom is -0.469 e. The Morgan fingerprint density at radius 2 is 2.06 bits per heavy atom. The number of nitrogens with two attached hydrogens (primary N) is 2. The number of carbonyl (C=O) groups is 1. The van der Waals surface area contributed by atoms with Gasteiger partial charge in [0, 0.05) is 12.2 Å². The first-order valence-electron chi connectivity index (χ1n) is 5.65. The van der Waals surface area contributed by atoms with Gasteiger partial charge < -0.3 is 16.2 Å². The molecule has 0 bridgehead atoms. The standard InChI is InChI=1S/C13H20N2O2/c1-13(9-14,12(16)17-2)8-7-10-5-3-4-6-11(10)15/h3-6H,7-9,14-15H2,1-2H3. The fourth-order valence-electron chi connectivity index (χ4n) is 1.71. The number of carbonyl (C=O) groups excluding carboxylic acids is 1. The van der Waals surface area contributed by atoms with Crippen LogP contribution in [0.25, 0.3) is 0 Å². The third-order valence-electron chi connectivity index (χ3n) is 3.13. The van der Waals surface area contributed by atoms with E-state index in [0.29, 0.717) is 6.42 Å². The van der Waals surface area contributed by atoms with Gasteiger partial charge in [-0.15, -0.1) is 0 Å². The molecule has 4 nitrogen and oxygen atoms in total. The van der Waals surface area contributed by atoms with E-state index >= 15 is 0 Å². The first-order valence-corrected chi connectivity index (χ1v) is 5.65. The van der Waals surface area contributed by atoms with Gasteiger partial charge in [-0.2, -0.15) is 0 Å². The molecule has 1 aromatic carbocycles. The normalized spacial score (nSPS) is 14.1. The SMILES string of the molecule is COC(=O)C(C)(CN)CCc1ccccc1N. The highest BCUT2D eigenvalue weighted by atomic mass is 16.5. The monoisotopic (exact) mass is 236 g/mol. The second-order valence-corrected chi connectivity index (χ2v) is 4.46. The first-order chi connectivity index (χ1) is 8.03. The van der Waals surface area contributed by atoms with Crippen LogP contribution in [0.3, 0.4) is 0 Å². The topological polar surface area (TPSA) is 78.3 Å². The zero-order chi connectivity index (χ0) is 12.9. The predicted molar refractivity (Wildman–Crippen MR) is 68.4 cm³/mol. The molecule has 0 heterocycles. The number of aryl methyl sites for hydroxylation is 1. The summed E-state index contributed by atoms with van der Waals surface area (Å²) >= 11 is 0. The molecule has 0 aliphatic rings. The number of ether oxygens (including phenoxy) is 1. The van der Waals surface area contributed by atoms with Crippen molar-refractivity contribution in [1.82, 2.24) is 0 Å². The lowest BCUT2D eigenvalue weighted by molar-refractivity contribution is -0.151. The molecule has 1 atom stereocenters. The lowest BCUT2D eigenvalue weighted by Crippen LogP contribution is -2.37. The summed E-state index contributed by atoms with van der Waals surface area (Å²) in [6.45, 7) is 2.09. The lowest BCUT2D eigenvalue weighted by Gasteiger charge is -2.24. The maximum atomic E-state index is 11.6. The van der Waals surface area contributed by atoms with Crippen molar-refractivity contribution >= 4 is 11.7 Å². The molecule has 4 heteroatoms. The molecule has 0 saturated heterocycles. The van der Waals surface area contributed by atoms with Gasteiger partial charge in [0.2, 0.25) is 0 Å². The van der Waals surface area contributed by atoms with E-state index in [1.807, 2.05) is 31.2 Å². The molecule has 1 rings (SSSR count). The summed E-state index contributed by atoms with van der Waals surface area (Å²) in [4.78, 5) is 11.6. The quantitative estimate of drug-likeness (QED) is 0.597. The van der Waals surface area contributed by atoms with E-state index in [0.717, 1.165) is 17.7 Å². The van der Waals surface area contributed by atoms with E-state index in [-0.39, 0.29) is 12.5 Å². The minimum absolute atomic E-state index is 0.269. The maximum Gasteiger partial charge on any atom is 0.312 e. The molecule has 0 aromatic heterocycles. The van der Waals surface area contributed by atoms with Crippen molar-refractivity contribution in [3.8, 4) is 0 Å². The van der Waals surface area contributed by atoms with Crippen LogP contribution in [-0.2, 0) is 16.0 Å². The van der Waals surface area contributed by atoms with Gasteiger partial charge in [0.15, 0.2) is 0 Å². The molecule has 0 saturated carbocycles. The van der Waals surface area contributed by atoms with Gasteiger partial charge in [0.1, 0.15) is 0 Å². The van der Waals surface area contributed by atoms with Crippen LogP contribution in [0.2, 0.25) is 0 Å². The van der Waals surface area contributed by atoms with Crippen molar-refractivity contribution < 1.29 is 9.53 Å². The largest absolute Gasteiger partial charge is 0.469 e. The smallest absolute Gasteiger partial charge is 0.312 e. The number of hydrogen-bond acceptors (Lipinski definition) is 4. The Bertz CT molecular complexity index is 393. The zero-order valence-corrected chi connectivity index (χ0v) is 10.4.